The van der Waals surface area contributed by atoms with Gasteiger partial charge in [-0.2, -0.15) is 18.3 Å². The van der Waals surface area contributed by atoms with Gasteiger partial charge in [-0.05, 0) is 42.2 Å². The van der Waals surface area contributed by atoms with Crippen molar-refractivity contribution in [1.82, 2.24) is 40.0 Å². The predicted molar refractivity (Wildman–Crippen MR) is 174 cm³/mol. The molecule has 20 heteroatoms. The molecular weight excluding hydrogens is 711 g/mol. The zero-order valence-electron chi connectivity index (χ0n) is 27.7. The van der Waals surface area contributed by atoms with Gasteiger partial charge in [-0.25, -0.2) is 33.6 Å². The molecule has 0 aliphatic carbocycles. The van der Waals surface area contributed by atoms with Crippen LogP contribution >= 0.6 is 0 Å². The summed E-state index contributed by atoms with van der Waals surface area (Å²) in [5, 5.41) is 13.5. The molecule has 6 heterocycles. The molecule has 2 saturated heterocycles. The Morgan fingerprint density at radius 3 is 2.58 bits per heavy atom. The highest BCUT2D eigenvalue weighted by Crippen LogP contribution is 2.32. The third-order valence-electron chi connectivity index (χ3n) is 9.04. The van der Waals surface area contributed by atoms with Crippen LogP contribution in [-0.4, -0.2) is 90.8 Å². The van der Waals surface area contributed by atoms with Gasteiger partial charge in [0.05, 0.1) is 24.8 Å². The number of hydrogen-bond donors (Lipinski definition) is 3. The minimum Gasteiger partial charge on any atom is -0.444 e. The minimum absolute atomic E-state index is 0.0928. The number of piperidine rings is 1. The normalized spacial score (nSPS) is 17.1. The number of pyridine rings is 1. The van der Waals surface area contributed by atoms with Gasteiger partial charge in [0.1, 0.15) is 18.6 Å². The predicted octanol–water partition coefficient (Wildman–Crippen LogP) is 4.75. The first kappa shape index (κ1) is 35.5. The molecule has 3 aromatic heterocycles. The van der Waals surface area contributed by atoms with Crippen molar-refractivity contribution >= 4 is 35.3 Å². The minimum atomic E-state index is -4.46. The number of nitrogens with zero attached hydrogens (tertiary/aromatic N) is 7. The standard InChI is InChI=1S/C33H31F5N10O5/c34-28(35)27-23(41-29(50)24-16-53-30(42-24)19-3-7-39-25(12-19)40-17-33(36,37)38)15-46(44-27)21-4-8-45(9-5-21)13-18-1-2-22-20(11-18)14-48(31(22)51)47-10-6-26(49)43-32(47)52/h1-3,7,11-12,15-16,21,28H,4-6,8-10,13-14,17H2,(H,39,40)(H,41,50)(H,43,49,52). The fourth-order valence-electron chi connectivity index (χ4n) is 6.44. The quantitative estimate of drug-likeness (QED) is 0.193. The van der Waals surface area contributed by atoms with Crippen molar-refractivity contribution in [2.75, 3.05) is 36.8 Å². The Hall–Kier alpha value is -5.92. The number of anilines is 2. The van der Waals surface area contributed by atoms with Crippen molar-refractivity contribution in [2.24, 2.45) is 0 Å². The molecule has 0 saturated carbocycles. The van der Waals surface area contributed by atoms with E-state index in [1.807, 2.05) is 12.1 Å². The summed E-state index contributed by atoms with van der Waals surface area (Å²) < 4.78 is 72.6. The summed E-state index contributed by atoms with van der Waals surface area (Å²) >= 11 is 0. The van der Waals surface area contributed by atoms with Gasteiger partial charge in [-0.15, -0.1) is 0 Å². The number of oxazole rings is 1. The first-order chi connectivity index (χ1) is 25.3. The van der Waals surface area contributed by atoms with Crippen molar-refractivity contribution in [3.63, 3.8) is 0 Å². The second kappa shape index (κ2) is 14.2. The largest absolute Gasteiger partial charge is 0.444 e. The molecule has 3 N–H and O–H groups in total. The molecule has 0 unspecified atom stereocenters. The first-order valence-electron chi connectivity index (χ1n) is 16.5. The molecule has 0 bridgehead atoms. The number of amides is 5. The van der Waals surface area contributed by atoms with Crippen LogP contribution in [0.4, 0.5) is 38.3 Å². The van der Waals surface area contributed by atoms with Crippen molar-refractivity contribution in [3.8, 4) is 11.5 Å². The number of rotatable bonds is 10. The van der Waals surface area contributed by atoms with E-state index >= 15 is 0 Å². The highest BCUT2D eigenvalue weighted by molar-refractivity contribution is 6.03. The molecule has 0 radical (unpaired) electrons. The van der Waals surface area contributed by atoms with Crippen LogP contribution in [0.25, 0.3) is 11.5 Å². The third kappa shape index (κ3) is 7.81. The number of aromatic nitrogens is 4. The van der Waals surface area contributed by atoms with Crippen LogP contribution in [-0.2, 0) is 17.9 Å². The number of urea groups is 1. The molecule has 3 aliphatic rings. The van der Waals surface area contributed by atoms with E-state index in [1.54, 1.807) is 6.07 Å². The number of imide groups is 1. The van der Waals surface area contributed by atoms with Gasteiger partial charge >= 0.3 is 12.2 Å². The maximum Gasteiger partial charge on any atom is 0.405 e. The maximum absolute atomic E-state index is 14.0. The molecule has 1 aromatic carbocycles. The summed E-state index contributed by atoms with van der Waals surface area (Å²) in [6.45, 7) is 0.807. The molecule has 2 fully saturated rings. The number of halogens is 5. The Morgan fingerprint density at radius 2 is 1.85 bits per heavy atom. The molecule has 7 rings (SSSR count). The van der Waals surface area contributed by atoms with Gasteiger partial charge in [-0.3, -0.25) is 29.3 Å². The van der Waals surface area contributed by atoms with Crippen LogP contribution in [0.3, 0.4) is 0 Å². The summed E-state index contributed by atoms with van der Waals surface area (Å²) in [5.74, 6) is -1.74. The molecule has 0 spiro atoms. The summed E-state index contributed by atoms with van der Waals surface area (Å²) in [6, 6.07) is 7.32. The molecule has 3 aliphatic heterocycles. The lowest BCUT2D eigenvalue weighted by Crippen LogP contribution is -2.56. The van der Waals surface area contributed by atoms with Crippen LogP contribution in [0.5, 0.6) is 0 Å². The SMILES string of the molecule is O=C1CCN(N2Cc3cc(CN4CCC(n5cc(NC(=O)c6coc(-c7ccnc(NCC(F)(F)F)c7)n6)c(C(F)F)n5)CC4)ccc3C2=O)C(=O)N1. The van der Waals surface area contributed by atoms with Crippen LogP contribution in [0.15, 0.2) is 53.4 Å². The number of fused-ring (bicyclic) bond motifs is 1. The van der Waals surface area contributed by atoms with Crippen molar-refractivity contribution in [2.45, 2.75) is 51.0 Å². The number of carbonyl (C=O) groups is 4. The van der Waals surface area contributed by atoms with E-state index in [2.05, 4.69) is 35.9 Å². The molecular formula is C33H31F5N10O5. The lowest BCUT2D eigenvalue weighted by Gasteiger charge is -2.33. The zero-order valence-corrected chi connectivity index (χ0v) is 27.7. The second-order valence-electron chi connectivity index (χ2n) is 12.7. The van der Waals surface area contributed by atoms with Crippen molar-refractivity contribution in [3.05, 3.63) is 77.1 Å². The van der Waals surface area contributed by atoms with E-state index in [-0.39, 0.29) is 66.0 Å². The van der Waals surface area contributed by atoms with Gasteiger partial charge in [0.2, 0.25) is 11.8 Å². The molecule has 4 aromatic rings. The second-order valence-corrected chi connectivity index (χ2v) is 12.7. The molecule has 278 valence electrons. The zero-order chi connectivity index (χ0) is 37.4. The van der Waals surface area contributed by atoms with Crippen LogP contribution in [0.2, 0.25) is 0 Å². The summed E-state index contributed by atoms with van der Waals surface area (Å²) in [7, 11) is 0. The summed E-state index contributed by atoms with van der Waals surface area (Å²) in [5.41, 5.74) is 1.38. The molecule has 0 atom stereocenters. The fraction of sp³-hybridized carbons (Fsp3) is 0.364. The lowest BCUT2D eigenvalue weighted by molar-refractivity contribution is -0.123. The number of nitrogens with one attached hydrogen (secondary N) is 3. The van der Waals surface area contributed by atoms with Crippen molar-refractivity contribution < 1.29 is 45.5 Å². The Kier molecular flexibility index (Phi) is 9.54. The number of hydrogen-bond acceptors (Lipinski definition) is 10. The van der Waals surface area contributed by atoms with E-state index in [9.17, 15) is 41.1 Å². The van der Waals surface area contributed by atoms with Crippen LogP contribution in [0, 0.1) is 0 Å². The smallest absolute Gasteiger partial charge is 0.405 e. The highest BCUT2D eigenvalue weighted by atomic mass is 19.4. The van der Waals surface area contributed by atoms with Crippen LogP contribution in [0.1, 0.15) is 69.4 Å². The number of alkyl halides is 5. The molecule has 5 amide bonds. The third-order valence-corrected chi connectivity index (χ3v) is 9.04. The molecule has 53 heavy (non-hydrogen) atoms. The van der Waals surface area contributed by atoms with E-state index in [0.29, 0.717) is 38.0 Å². The Balaban J connectivity index is 0.953. The van der Waals surface area contributed by atoms with E-state index in [1.165, 1.54) is 39.2 Å². The summed E-state index contributed by atoms with van der Waals surface area (Å²) in [4.78, 5) is 59.9. The van der Waals surface area contributed by atoms with Crippen molar-refractivity contribution in [1.29, 1.82) is 0 Å². The number of likely N-dealkylation sites (tertiary alicyclic amines) is 1. The molecule has 15 nitrogen and oxygen atoms in total. The topological polar surface area (TPSA) is 171 Å². The number of benzene rings is 1. The summed E-state index contributed by atoms with van der Waals surface area (Å²) in [6.07, 6.45) is -2.61. The maximum atomic E-state index is 14.0. The van der Waals surface area contributed by atoms with E-state index in [0.717, 1.165) is 17.4 Å². The van der Waals surface area contributed by atoms with Gasteiger partial charge < -0.3 is 15.1 Å². The fourth-order valence-corrected chi connectivity index (χ4v) is 6.44. The first-order valence-corrected chi connectivity index (χ1v) is 16.5. The Bertz CT molecular complexity index is 2060. The van der Waals surface area contributed by atoms with E-state index in [4.69, 9.17) is 4.42 Å². The van der Waals surface area contributed by atoms with Gasteiger partial charge in [0, 0.05) is 49.6 Å². The monoisotopic (exact) mass is 742 g/mol. The van der Waals surface area contributed by atoms with Crippen LogP contribution < -0.4 is 16.0 Å². The lowest BCUT2D eigenvalue weighted by atomic mass is 10.0. The Morgan fingerprint density at radius 1 is 1.06 bits per heavy atom. The van der Waals surface area contributed by atoms with Gasteiger partial charge in [0.25, 0.3) is 18.2 Å². The highest BCUT2D eigenvalue weighted by Gasteiger charge is 2.37. The van der Waals surface area contributed by atoms with E-state index < -0.39 is 36.8 Å². The average molecular weight is 743 g/mol. The number of hydrazine groups is 1. The number of carbonyl (C=O) groups excluding carboxylic acids is 4. The van der Waals surface area contributed by atoms with Gasteiger partial charge in [-0.1, -0.05) is 12.1 Å². The Labute approximate surface area is 297 Å². The average Bonchev–Trinajstić information content (AvgIpc) is 3.86. The van der Waals surface area contributed by atoms with Gasteiger partial charge in [0.15, 0.2) is 11.4 Å².